The van der Waals surface area contributed by atoms with Crippen LogP contribution in [0.15, 0.2) is 72.1 Å². The Morgan fingerprint density at radius 1 is 0.970 bits per heavy atom. The predicted octanol–water partition coefficient (Wildman–Crippen LogP) is 5.22. The SMILES string of the molecule is O=C(CSCC(=O)N1CCc2ccccc2C1)Nc1nc(-c2ccc3ccccc3c2)cs1. The second-order valence-electron chi connectivity index (χ2n) is 7.97. The summed E-state index contributed by atoms with van der Waals surface area (Å²) in [4.78, 5) is 31.4. The van der Waals surface area contributed by atoms with Crippen molar-refractivity contribution in [2.24, 2.45) is 0 Å². The molecular weight excluding hydrogens is 450 g/mol. The van der Waals surface area contributed by atoms with E-state index in [1.165, 1.54) is 39.6 Å². The van der Waals surface area contributed by atoms with Gasteiger partial charge < -0.3 is 10.2 Å². The van der Waals surface area contributed by atoms with E-state index in [0.29, 0.717) is 17.4 Å². The molecule has 0 bridgehead atoms. The van der Waals surface area contributed by atoms with Crippen LogP contribution in [0.25, 0.3) is 22.0 Å². The first-order valence-corrected chi connectivity index (χ1v) is 12.9. The van der Waals surface area contributed by atoms with Crippen LogP contribution in [0.5, 0.6) is 0 Å². The van der Waals surface area contributed by atoms with Crippen molar-refractivity contribution in [1.29, 1.82) is 0 Å². The van der Waals surface area contributed by atoms with Crippen molar-refractivity contribution in [3.05, 3.63) is 83.2 Å². The van der Waals surface area contributed by atoms with Crippen LogP contribution in [-0.4, -0.2) is 39.7 Å². The maximum absolute atomic E-state index is 12.6. The number of benzene rings is 3. The molecule has 0 atom stereocenters. The third kappa shape index (κ3) is 5.10. The van der Waals surface area contributed by atoms with Gasteiger partial charge in [0.2, 0.25) is 11.8 Å². The summed E-state index contributed by atoms with van der Waals surface area (Å²) in [5.74, 6) is 0.461. The first kappa shape index (κ1) is 21.7. The fourth-order valence-corrected chi connectivity index (χ4v) is 5.45. The van der Waals surface area contributed by atoms with Gasteiger partial charge in [0.1, 0.15) is 0 Å². The summed E-state index contributed by atoms with van der Waals surface area (Å²) in [5.41, 5.74) is 4.40. The minimum Gasteiger partial charge on any atom is -0.337 e. The molecular formula is C26H23N3O2S2. The number of fused-ring (bicyclic) bond motifs is 2. The Kier molecular flexibility index (Phi) is 6.41. The number of thioether (sulfide) groups is 1. The van der Waals surface area contributed by atoms with Gasteiger partial charge in [-0.15, -0.1) is 23.1 Å². The second kappa shape index (κ2) is 9.77. The molecule has 2 amide bonds. The van der Waals surface area contributed by atoms with Gasteiger partial charge in [-0.25, -0.2) is 4.98 Å². The minimum absolute atomic E-state index is 0.0788. The van der Waals surface area contributed by atoms with Crippen LogP contribution in [0.1, 0.15) is 11.1 Å². The Morgan fingerprint density at radius 2 is 1.76 bits per heavy atom. The van der Waals surface area contributed by atoms with Crippen molar-refractivity contribution in [2.45, 2.75) is 13.0 Å². The van der Waals surface area contributed by atoms with Gasteiger partial charge in [-0.1, -0.05) is 60.7 Å². The number of rotatable bonds is 6. The van der Waals surface area contributed by atoms with Crippen LogP contribution in [0.3, 0.4) is 0 Å². The molecule has 5 rings (SSSR count). The van der Waals surface area contributed by atoms with Crippen LogP contribution < -0.4 is 5.32 Å². The van der Waals surface area contributed by atoms with Crippen LogP contribution in [-0.2, 0) is 22.6 Å². The molecule has 1 aromatic heterocycles. The molecule has 3 aromatic carbocycles. The summed E-state index contributed by atoms with van der Waals surface area (Å²) >= 11 is 2.75. The molecule has 0 spiro atoms. The number of aromatic nitrogens is 1. The van der Waals surface area contributed by atoms with E-state index >= 15 is 0 Å². The van der Waals surface area contributed by atoms with Gasteiger partial charge in [0.15, 0.2) is 5.13 Å². The first-order chi connectivity index (χ1) is 16.2. The highest BCUT2D eigenvalue weighted by molar-refractivity contribution is 8.00. The summed E-state index contributed by atoms with van der Waals surface area (Å²) in [7, 11) is 0. The standard InChI is InChI=1S/C26H23N3O2S2/c30-24(16-32-17-25(31)29-12-11-19-6-2-4-8-22(19)14-29)28-26-27-23(15-33-26)21-10-9-18-5-1-3-7-20(18)13-21/h1-10,13,15H,11-12,14,16-17H2,(H,27,28,30). The van der Waals surface area contributed by atoms with E-state index in [2.05, 4.69) is 46.7 Å². The number of carbonyl (C=O) groups is 2. The molecule has 0 radical (unpaired) electrons. The van der Waals surface area contributed by atoms with Gasteiger partial charge in [0, 0.05) is 24.0 Å². The zero-order valence-electron chi connectivity index (χ0n) is 18.0. The normalized spacial score (nSPS) is 13.0. The fraction of sp³-hybridized carbons (Fsp3) is 0.192. The van der Waals surface area contributed by atoms with Gasteiger partial charge >= 0.3 is 0 Å². The Bertz CT molecular complexity index is 1320. The van der Waals surface area contributed by atoms with Crippen LogP contribution in [0.4, 0.5) is 5.13 Å². The summed E-state index contributed by atoms with van der Waals surface area (Å²) in [6, 6.07) is 22.7. The van der Waals surface area contributed by atoms with E-state index < -0.39 is 0 Å². The first-order valence-electron chi connectivity index (χ1n) is 10.8. The predicted molar refractivity (Wildman–Crippen MR) is 137 cm³/mol. The molecule has 0 fully saturated rings. The average molecular weight is 474 g/mol. The zero-order valence-corrected chi connectivity index (χ0v) is 19.6. The molecule has 0 unspecified atom stereocenters. The maximum Gasteiger partial charge on any atom is 0.236 e. The smallest absolute Gasteiger partial charge is 0.236 e. The Balaban J connectivity index is 1.11. The molecule has 7 heteroatoms. The Hall–Kier alpha value is -3.16. The highest BCUT2D eigenvalue weighted by atomic mass is 32.2. The van der Waals surface area contributed by atoms with Gasteiger partial charge in [0.05, 0.1) is 17.2 Å². The number of nitrogens with one attached hydrogen (secondary N) is 1. The van der Waals surface area contributed by atoms with Gasteiger partial charge in [-0.3, -0.25) is 9.59 Å². The van der Waals surface area contributed by atoms with E-state index in [9.17, 15) is 9.59 Å². The monoisotopic (exact) mass is 473 g/mol. The second-order valence-corrected chi connectivity index (χ2v) is 9.82. The summed E-state index contributed by atoms with van der Waals surface area (Å²) in [6.45, 7) is 1.39. The number of anilines is 1. The van der Waals surface area contributed by atoms with Crippen molar-refractivity contribution in [3.8, 4) is 11.3 Å². The van der Waals surface area contributed by atoms with E-state index in [1.807, 2.05) is 40.6 Å². The van der Waals surface area contributed by atoms with Crippen LogP contribution >= 0.6 is 23.1 Å². The van der Waals surface area contributed by atoms with Crippen molar-refractivity contribution in [1.82, 2.24) is 9.88 Å². The topological polar surface area (TPSA) is 62.3 Å². The molecule has 2 heterocycles. The van der Waals surface area contributed by atoms with Crippen molar-refractivity contribution >= 4 is 50.8 Å². The lowest BCUT2D eigenvalue weighted by Gasteiger charge is -2.28. The number of thiazole rings is 1. The molecule has 1 aliphatic rings. The zero-order chi connectivity index (χ0) is 22.6. The van der Waals surface area contributed by atoms with Crippen molar-refractivity contribution in [2.75, 3.05) is 23.4 Å². The molecule has 33 heavy (non-hydrogen) atoms. The van der Waals surface area contributed by atoms with E-state index in [-0.39, 0.29) is 17.6 Å². The summed E-state index contributed by atoms with van der Waals surface area (Å²) in [5, 5.41) is 7.72. The maximum atomic E-state index is 12.6. The highest BCUT2D eigenvalue weighted by Gasteiger charge is 2.20. The molecule has 0 saturated heterocycles. The van der Waals surface area contributed by atoms with E-state index in [4.69, 9.17) is 0 Å². The molecule has 5 nitrogen and oxygen atoms in total. The number of amides is 2. The third-order valence-corrected chi connectivity index (χ3v) is 7.41. The molecule has 1 N–H and O–H groups in total. The van der Waals surface area contributed by atoms with Gasteiger partial charge in [-0.05, 0) is 34.4 Å². The van der Waals surface area contributed by atoms with Crippen molar-refractivity contribution in [3.63, 3.8) is 0 Å². The molecule has 4 aromatic rings. The minimum atomic E-state index is -0.142. The van der Waals surface area contributed by atoms with Crippen LogP contribution in [0.2, 0.25) is 0 Å². The summed E-state index contributed by atoms with van der Waals surface area (Å²) < 4.78 is 0. The number of hydrogen-bond donors (Lipinski definition) is 1. The van der Waals surface area contributed by atoms with Gasteiger partial charge in [-0.2, -0.15) is 0 Å². The fourth-order valence-electron chi connectivity index (χ4n) is 4.00. The lowest BCUT2D eigenvalue weighted by atomic mass is 10.00. The molecule has 1 aliphatic heterocycles. The van der Waals surface area contributed by atoms with E-state index in [1.54, 1.807) is 0 Å². The number of nitrogens with zero attached hydrogens (tertiary/aromatic N) is 2. The lowest BCUT2D eigenvalue weighted by molar-refractivity contribution is -0.129. The molecule has 0 saturated carbocycles. The largest absolute Gasteiger partial charge is 0.337 e. The molecule has 166 valence electrons. The van der Waals surface area contributed by atoms with Crippen LogP contribution in [0, 0.1) is 0 Å². The number of carbonyl (C=O) groups excluding carboxylic acids is 2. The number of hydrogen-bond acceptors (Lipinski definition) is 5. The Morgan fingerprint density at radius 3 is 2.64 bits per heavy atom. The van der Waals surface area contributed by atoms with Crippen molar-refractivity contribution < 1.29 is 9.59 Å². The quantitative estimate of drug-likeness (QED) is 0.417. The van der Waals surface area contributed by atoms with E-state index in [0.717, 1.165) is 29.6 Å². The Labute approximate surface area is 200 Å². The highest BCUT2D eigenvalue weighted by Crippen LogP contribution is 2.28. The van der Waals surface area contributed by atoms with Gasteiger partial charge in [0.25, 0.3) is 0 Å². The summed E-state index contributed by atoms with van der Waals surface area (Å²) in [6.07, 6.45) is 0.886. The molecule has 0 aliphatic carbocycles. The third-order valence-electron chi connectivity index (χ3n) is 5.74. The lowest BCUT2D eigenvalue weighted by Crippen LogP contribution is -2.37. The average Bonchev–Trinajstić information content (AvgIpc) is 3.31.